The molecule has 0 radical (unpaired) electrons. The first-order valence-electron chi connectivity index (χ1n) is 7.30. The Morgan fingerprint density at radius 1 is 1.19 bits per heavy atom. The van der Waals surface area contributed by atoms with E-state index in [1.807, 2.05) is 0 Å². The molecule has 2 aromatic rings. The predicted octanol–water partition coefficient (Wildman–Crippen LogP) is 3.46. The van der Waals surface area contributed by atoms with Crippen LogP contribution in [-0.2, 0) is 4.79 Å². The molecule has 0 spiro atoms. The number of methoxy groups -OCH3 is 2. The van der Waals surface area contributed by atoms with E-state index in [0.29, 0.717) is 31.8 Å². The molecule has 0 heterocycles. The number of carbonyl (C=O) groups is 1. The van der Waals surface area contributed by atoms with Crippen LogP contribution in [-0.4, -0.2) is 38.1 Å². The summed E-state index contributed by atoms with van der Waals surface area (Å²) >= 11 is 6.57. The monoisotopic (exact) mass is 486 g/mol. The van der Waals surface area contributed by atoms with Gasteiger partial charge < -0.3 is 19.3 Å². The molecule has 138 valence electrons. The highest BCUT2D eigenvalue weighted by atomic mass is 79.9. The maximum absolute atomic E-state index is 11.8. The maximum Gasteiger partial charge on any atom is 0.277 e. The van der Waals surface area contributed by atoms with E-state index >= 15 is 0 Å². The second kappa shape index (κ2) is 9.44. The number of hydrogen-bond donors (Lipinski definition) is 2. The molecule has 0 aromatic heterocycles. The molecule has 0 aliphatic carbocycles. The zero-order valence-electron chi connectivity index (χ0n) is 14.0. The number of aromatic hydroxyl groups is 1. The predicted molar refractivity (Wildman–Crippen MR) is 104 cm³/mol. The summed E-state index contributed by atoms with van der Waals surface area (Å²) in [5.41, 5.74) is 2.72. The summed E-state index contributed by atoms with van der Waals surface area (Å²) in [6.07, 6.45) is 1.32. The van der Waals surface area contributed by atoms with Crippen molar-refractivity contribution < 1.29 is 24.1 Å². The molecule has 0 saturated carbocycles. The van der Waals surface area contributed by atoms with Gasteiger partial charge in [-0.1, -0.05) is 0 Å². The topological polar surface area (TPSA) is 89.4 Å². The Morgan fingerprint density at radius 2 is 1.85 bits per heavy atom. The lowest BCUT2D eigenvalue weighted by molar-refractivity contribution is -0.123. The number of halogens is 2. The summed E-state index contributed by atoms with van der Waals surface area (Å²) in [6.45, 7) is -0.203. The van der Waals surface area contributed by atoms with Crippen molar-refractivity contribution in [2.45, 2.75) is 0 Å². The summed E-state index contributed by atoms with van der Waals surface area (Å²) in [5.74, 6) is 1.19. The zero-order chi connectivity index (χ0) is 19.1. The second-order valence-electron chi connectivity index (χ2n) is 4.90. The number of ether oxygens (including phenoxy) is 3. The summed E-state index contributed by atoms with van der Waals surface area (Å²) in [7, 11) is 3.06. The van der Waals surface area contributed by atoms with Crippen molar-refractivity contribution in [1.82, 2.24) is 5.43 Å². The van der Waals surface area contributed by atoms with Crippen molar-refractivity contribution >= 4 is 44.0 Å². The van der Waals surface area contributed by atoms with E-state index in [-0.39, 0.29) is 12.4 Å². The Bertz CT molecular complexity index is 810. The average Bonchev–Trinajstić information content (AvgIpc) is 2.65. The summed E-state index contributed by atoms with van der Waals surface area (Å²) < 4.78 is 16.5. The number of hydrazone groups is 1. The van der Waals surface area contributed by atoms with Gasteiger partial charge in [0.05, 0.1) is 24.9 Å². The number of nitrogens with zero attached hydrogens (tertiary/aromatic N) is 1. The fourth-order valence-corrected chi connectivity index (χ4v) is 3.40. The molecule has 9 heteroatoms. The molecular weight excluding hydrogens is 472 g/mol. The lowest BCUT2D eigenvalue weighted by Gasteiger charge is -2.10. The third-order valence-electron chi connectivity index (χ3n) is 3.21. The molecule has 2 rings (SSSR count). The van der Waals surface area contributed by atoms with Gasteiger partial charge in [0.1, 0.15) is 21.7 Å². The highest BCUT2D eigenvalue weighted by molar-refractivity contribution is 9.11. The molecule has 26 heavy (non-hydrogen) atoms. The van der Waals surface area contributed by atoms with Gasteiger partial charge in [-0.05, 0) is 62.2 Å². The standard InChI is InChI=1S/C17H16Br2N2O5/c1-24-11-3-5-12(6-4-11)26-9-14(22)21-20-8-10-7-13(18)17(25-2)15(19)16(10)23/h3-8,23H,9H2,1-2H3,(H,21,22)/b20-8-. The Labute approximate surface area is 167 Å². The van der Waals surface area contributed by atoms with Crippen LogP contribution in [0.1, 0.15) is 5.56 Å². The minimum absolute atomic E-state index is 0.0578. The number of rotatable bonds is 7. The van der Waals surface area contributed by atoms with Gasteiger partial charge in [-0.25, -0.2) is 5.43 Å². The lowest BCUT2D eigenvalue weighted by atomic mass is 10.2. The van der Waals surface area contributed by atoms with Crippen molar-refractivity contribution in [2.75, 3.05) is 20.8 Å². The molecule has 2 aromatic carbocycles. The Balaban J connectivity index is 1.92. The number of amides is 1. The van der Waals surface area contributed by atoms with Crippen molar-refractivity contribution in [3.8, 4) is 23.0 Å². The molecular formula is C17H16Br2N2O5. The van der Waals surface area contributed by atoms with E-state index in [0.717, 1.165) is 0 Å². The van der Waals surface area contributed by atoms with Gasteiger partial charge in [0.2, 0.25) is 0 Å². The van der Waals surface area contributed by atoms with Crippen LogP contribution < -0.4 is 19.6 Å². The normalized spacial score (nSPS) is 10.6. The Morgan fingerprint density at radius 3 is 2.46 bits per heavy atom. The Kier molecular flexibility index (Phi) is 7.28. The van der Waals surface area contributed by atoms with E-state index in [2.05, 4.69) is 42.4 Å². The van der Waals surface area contributed by atoms with Gasteiger partial charge in [0.15, 0.2) is 12.4 Å². The smallest absolute Gasteiger partial charge is 0.277 e. The first-order chi connectivity index (χ1) is 12.5. The quantitative estimate of drug-likeness (QED) is 0.461. The summed E-state index contributed by atoms with van der Waals surface area (Å²) in [6, 6.07) is 8.46. The van der Waals surface area contributed by atoms with Gasteiger partial charge in [-0.3, -0.25) is 4.79 Å². The molecule has 0 saturated heterocycles. The zero-order valence-corrected chi connectivity index (χ0v) is 17.1. The van der Waals surface area contributed by atoms with Crippen molar-refractivity contribution in [1.29, 1.82) is 0 Å². The number of carbonyl (C=O) groups excluding carboxylic acids is 1. The Hall–Kier alpha value is -2.26. The van der Waals surface area contributed by atoms with Crippen LogP contribution in [0, 0.1) is 0 Å². The third-order valence-corrected chi connectivity index (χ3v) is 4.53. The highest BCUT2D eigenvalue weighted by Gasteiger charge is 2.14. The molecule has 0 atom stereocenters. The van der Waals surface area contributed by atoms with Gasteiger partial charge in [-0.2, -0.15) is 5.10 Å². The van der Waals surface area contributed by atoms with Crippen LogP contribution in [0.25, 0.3) is 0 Å². The van der Waals surface area contributed by atoms with Gasteiger partial charge in [0, 0.05) is 5.56 Å². The van der Waals surface area contributed by atoms with Crippen molar-refractivity contribution in [3.63, 3.8) is 0 Å². The van der Waals surface area contributed by atoms with Crippen LogP contribution in [0.4, 0.5) is 0 Å². The molecule has 1 amide bonds. The molecule has 2 N–H and O–H groups in total. The molecule has 0 aliphatic heterocycles. The summed E-state index contributed by atoms with van der Waals surface area (Å²) in [4.78, 5) is 11.8. The van der Waals surface area contributed by atoms with Gasteiger partial charge in [-0.15, -0.1) is 0 Å². The number of benzene rings is 2. The largest absolute Gasteiger partial charge is 0.506 e. The van der Waals surface area contributed by atoms with Crippen LogP contribution in [0.5, 0.6) is 23.0 Å². The number of nitrogens with one attached hydrogen (secondary N) is 1. The fourth-order valence-electron chi connectivity index (χ4n) is 1.92. The van der Waals surface area contributed by atoms with Crippen LogP contribution in [0.15, 0.2) is 44.4 Å². The molecule has 0 bridgehead atoms. The van der Waals surface area contributed by atoms with Crippen LogP contribution in [0.2, 0.25) is 0 Å². The molecule has 0 unspecified atom stereocenters. The first kappa shape index (κ1) is 20.1. The molecule has 0 fully saturated rings. The van der Waals surface area contributed by atoms with E-state index in [1.165, 1.54) is 13.3 Å². The van der Waals surface area contributed by atoms with Crippen LogP contribution in [0.3, 0.4) is 0 Å². The van der Waals surface area contributed by atoms with Crippen molar-refractivity contribution in [3.05, 3.63) is 44.8 Å². The number of phenols is 1. The van der Waals surface area contributed by atoms with Gasteiger partial charge in [0.25, 0.3) is 5.91 Å². The maximum atomic E-state index is 11.8. The lowest BCUT2D eigenvalue weighted by Crippen LogP contribution is -2.24. The third kappa shape index (κ3) is 5.12. The highest BCUT2D eigenvalue weighted by Crippen LogP contribution is 2.41. The van der Waals surface area contributed by atoms with Gasteiger partial charge >= 0.3 is 0 Å². The minimum Gasteiger partial charge on any atom is -0.506 e. The number of hydrogen-bond acceptors (Lipinski definition) is 6. The van der Waals surface area contributed by atoms with Crippen LogP contribution >= 0.6 is 31.9 Å². The average molecular weight is 488 g/mol. The molecule has 0 aliphatic rings. The minimum atomic E-state index is -0.441. The summed E-state index contributed by atoms with van der Waals surface area (Å²) in [5, 5.41) is 13.9. The van der Waals surface area contributed by atoms with E-state index in [1.54, 1.807) is 37.4 Å². The second-order valence-corrected chi connectivity index (χ2v) is 6.55. The number of phenolic OH excluding ortho intramolecular Hbond substituents is 1. The molecule has 7 nitrogen and oxygen atoms in total. The first-order valence-corrected chi connectivity index (χ1v) is 8.88. The fraction of sp³-hybridized carbons (Fsp3) is 0.176. The SMILES string of the molecule is COc1ccc(OCC(=O)N/N=C\c2cc(Br)c(OC)c(Br)c2O)cc1. The van der Waals surface area contributed by atoms with E-state index < -0.39 is 5.91 Å². The van der Waals surface area contributed by atoms with Crippen molar-refractivity contribution in [2.24, 2.45) is 5.10 Å². The van der Waals surface area contributed by atoms with E-state index in [4.69, 9.17) is 14.2 Å². The van der Waals surface area contributed by atoms with E-state index in [9.17, 15) is 9.90 Å².